The first-order valence-corrected chi connectivity index (χ1v) is 13.4. The first kappa shape index (κ1) is 25.4. The Morgan fingerprint density at radius 2 is 1.73 bits per heavy atom. The normalized spacial score (nSPS) is 11.4. The Hall–Kier alpha value is -4.91. The quantitative estimate of drug-likeness (QED) is 0.169. The molecule has 40 heavy (non-hydrogen) atoms. The van der Waals surface area contributed by atoms with Gasteiger partial charge < -0.3 is 18.8 Å². The molecule has 0 bridgehead atoms. The number of pyridine rings is 1. The van der Waals surface area contributed by atoms with Crippen molar-refractivity contribution in [2.75, 3.05) is 0 Å². The fourth-order valence-electron chi connectivity index (χ4n) is 5.33. The van der Waals surface area contributed by atoms with E-state index in [4.69, 9.17) is 19.8 Å². The lowest BCUT2D eigenvalue weighted by Crippen LogP contribution is -2.05. The first-order valence-electron chi connectivity index (χ1n) is 13.4. The van der Waals surface area contributed by atoms with Crippen LogP contribution in [0.1, 0.15) is 35.9 Å². The van der Waals surface area contributed by atoms with Crippen molar-refractivity contribution in [2.45, 2.75) is 40.2 Å². The first-order chi connectivity index (χ1) is 19.4. The average Bonchev–Trinajstić information content (AvgIpc) is 3.53. The molecule has 3 heterocycles. The number of hydrogen-bond acceptors (Lipinski definition) is 4. The molecule has 200 valence electrons. The van der Waals surface area contributed by atoms with Crippen LogP contribution in [0, 0.1) is 13.8 Å². The average molecular weight is 531 g/mol. The number of imidazole rings is 2. The predicted molar refractivity (Wildman–Crippen MR) is 157 cm³/mol. The van der Waals surface area contributed by atoms with Crippen molar-refractivity contribution in [3.63, 3.8) is 0 Å². The van der Waals surface area contributed by atoms with E-state index in [0.717, 1.165) is 74.4 Å². The highest BCUT2D eigenvalue weighted by Gasteiger charge is 2.16. The molecule has 0 radical (unpaired) electrons. The molecule has 0 atom stereocenters. The summed E-state index contributed by atoms with van der Waals surface area (Å²) in [5.41, 5.74) is 10.1. The Kier molecular flexibility index (Phi) is 6.56. The minimum Gasteiger partial charge on any atom is -0.449 e. The minimum absolute atomic E-state index is 0.318. The predicted octanol–water partition coefficient (Wildman–Crippen LogP) is 7.69. The number of rotatable bonds is 7. The summed E-state index contributed by atoms with van der Waals surface area (Å²) in [6.07, 6.45) is 4.67. The van der Waals surface area contributed by atoms with Crippen molar-refractivity contribution in [3.05, 3.63) is 108 Å². The number of hydrogen-bond donors (Lipinski definition) is 1. The van der Waals surface area contributed by atoms with Gasteiger partial charge in [0.25, 0.3) is 0 Å². The van der Waals surface area contributed by atoms with Crippen LogP contribution < -0.4 is 4.74 Å². The van der Waals surface area contributed by atoms with Gasteiger partial charge in [-0.05, 0) is 66.8 Å². The van der Waals surface area contributed by atoms with Gasteiger partial charge in [0, 0.05) is 36.5 Å². The van der Waals surface area contributed by atoms with Crippen LogP contribution in [0.4, 0.5) is 4.79 Å². The fraction of sp³-hybridized carbons (Fsp3) is 0.182. The zero-order chi connectivity index (χ0) is 27.8. The molecule has 3 aromatic carbocycles. The summed E-state index contributed by atoms with van der Waals surface area (Å²) in [6, 6.07) is 23.8. The molecule has 0 saturated carbocycles. The Labute approximate surface area is 232 Å². The summed E-state index contributed by atoms with van der Waals surface area (Å²) < 4.78 is 9.38. The van der Waals surface area contributed by atoms with Crippen LogP contribution in [0.2, 0.25) is 0 Å². The maximum absolute atomic E-state index is 11.1. The molecule has 0 aliphatic heterocycles. The molecule has 0 amide bonds. The Morgan fingerprint density at radius 3 is 2.48 bits per heavy atom. The van der Waals surface area contributed by atoms with Crippen LogP contribution >= 0.6 is 0 Å². The number of nitrogens with zero attached hydrogens (tertiary/aromatic N) is 4. The molecule has 0 saturated heterocycles. The maximum atomic E-state index is 11.1. The van der Waals surface area contributed by atoms with Gasteiger partial charge in [-0.2, -0.15) is 0 Å². The highest BCUT2D eigenvalue weighted by atomic mass is 16.7. The van der Waals surface area contributed by atoms with E-state index >= 15 is 0 Å². The van der Waals surface area contributed by atoms with Gasteiger partial charge in [0.05, 0.1) is 16.7 Å². The van der Waals surface area contributed by atoms with Gasteiger partial charge in [0.2, 0.25) is 0 Å². The van der Waals surface area contributed by atoms with E-state index in [9.17, 15) is 4.79 Å². The summed E-state index contributed by atoms with van der Waals surface area (Å²) in [5.74, 6) is 1.38. The van der Waals surface area contributed by atoms with Gasteiger partial charge in [-0.25, -0.2) is 14.8 Å². The van der Waals surface area contributed by atoms with E-state index in [2.05, 4.69) is 66.3 Å². The van der Waals surface area contributed by atoms with Gasteiger partial charge >= 0.3 is 6.16 Å². The number of ether oxygens (including phenoxy) is 1. The smallest absolute Gasteiger partial charge is 0.449 e. The molecule has 6 rings (SSSR count). The fourth-order valence-corrected chi connectivity index (χ4v) is 5.33. The SMILES string of the molecule is CCCc1nc2c(C)cc(-c3cn4cccc(C)c4n3)cc2n1Cc1ccc(-c2ccccc2OC(=O)O)cc1. The second-order valence-corrected chi connectivity index (χ2v) is 10.1. The van der Waals surface area contributed by atoms with Crippen molar-refractivity contribution in [3.8, 4) is 28.1 Å². The lowest BCUT2D eigenvalue weighted by atomic mass is 10.0. The Balaban J connectivity index is 1.39. The number of para-hydroxylation sites is 1. The Morgan fingerprint density at radius 1 is 0.925 bits per heavy atom. The van der Waals surface area contributed by atoms with Crippen LogP contribution in [0.5, 0.6) is 5.75 Å². The van der Waals surface area contributed by atoms with Crippen LogP contribution in [-0.4, -0.2) is 30.2 Å². The van der Waals surface area contributed by atoms with E-state index in [0.29, 0.717) is 12.3 Å². The number of fused-ring (bicyclic) bond motifs is 2. The van der Waals surface area contributed by atoms with Crippen molar-refractivity contribution < 1.29 is 14.6 Å². The highest BCUT2D eigenvalue weighted by molar-refractivity contribution is 5.85. The van der Waals surface area contributed by atoms with Gasteiger partial charge in [-0.15, -0.1) is 0 Å². The molecular weight excluding hydrogens is 500 g/mol. The zero-order valence-corrected chi connectivity index (χ0v) is 22.8. The van der Waals surface area contributed by atoms with Crippen molar-refractivity contribution in [1.29, 1.82) is 0 Å². The topological polar surface area (TPSA) is 81.7 Å². The molecule has 3 aromatic heterocycles. The number of carbonyl (C=O) groups is 1. The molecule has 0 aliphatic carbocycles. The number of carboxylic acid groups (broad SMARTS) is 1. The Bertz CT molecular complexity index is 1870. The van der Waals surface area contributed by atoms with Crippen molar-refractivity contribution in [2.24, 2.45) is 0 Å². The molecule has 6 aromatic rings. The number of aryl methyl sites for hydroxylation is 3. The summed E-state index contributed by atoms with van der Waals surface area (Å²) in [6.45, 7) is 7.04. The van der Waals surface area contributed by atoms with Crippen molar-refractivity contribution >= 4 is 22.8 Å². The summed E-state index contributed by atoms with van der Waals surface area (Å²) >= 11 is 0. The molecule has 7 heteroatoms. The molecule has 7 nitrogen and oxygen atoms in total. The summed E-state index contributed by atoms with van der Waals surface area (Å²) in [5, 5.41) is 9.11. The molecular formula is C33H30N4O3. The lowest BCUT2D eigenvalue weighted by molar-refractivity contribution is 0.144. The molecule has 0 unspecified atom stereocenters. The third-order valence-electron chi connectivity index (χ3n) is 7.26. The van der Waals surface area contributed by atoms with Gasteiger partial charge in [0.1, 0.15) is 17.2 Å². The third kappa shape index (κ3) is 4.71. The number of aromatic nitrogens is 4. The van der Waals surface area contributed by atoms with E-state index in [1.807, 2.05) is 36.5 Å². The van der Waals surface area contributed by atoms with Crippen molar-refractivity contribution in [1.82, 2.24) is 18.9 Å². The van der Waals surface area contributed by atoms with Crippen LogP contribution in [0.3, 0.4) is 0 Å². The van der Waals surface area contributed by atoms with Gasteiger partial charge in [-0.1, -0.05) is 55.5 Å². The second kappa shape index (κ2) is 10.3. The lowest BCUT2D eigenvalue weighted by Gasteiger charge is -2.12. The van der Waals surface area contributed by atoms with Crippen LogP contribution in [0.15, 0.2) is 85.2 Å². The summed E-state index contributed by atoms with van der Waals surface area (Å²) in [7, 11) is 0. The molecule has 1 N–H and O–H groups in total. The molecule has 0 spiro atoms. The molecule has 0 aliphatic rings. The monoisotopic (exact) mass is 530 g/mol. The standard InChI is InChI=1S/C33H30N4O3/c1-4-8-30-35-31-22(3)17-25(27-20-36-16-7-9-21(2)32(36)34-27)18-28(31)37(30)19-23-12-14-24(15-13-23)26-10-5-6-11-29(26)40-33(38)39/h5-7,9-18,20H,4,8,19H2,1-3H3,(H,38,39). The van der Waals surface area contributed by atoms with E-state index < -0.39 is 6.16 Å². The molecule has 0 fully saturated rings. The minimum atomic E-state index is -1.33. The van der Waals surface area contributed by atoms with E-state index in [1.54, 1.807) is 12.1 Å². The summed E-state index contributed by atoms with van der Waals surface area (Å²) in [4.78, 5) is 21.1. The van der Waals surface area contributed by atoms with Crippen LogP contribution in [-0.2, 0) is 13.0 Å². The van der Waals surface area contributed by atoms with Gasteiger partial charge in [0.15, 0.2) is 0 Å². The largest absolute Gasteiger partial charge is 0.511 e. The van der Waals surface area contributed by atoms with E-state index in [-0.39, 0.29) is 0 Å². The van der Waals surface area contributed by atoms with E-state index in [1.165, 1.54) is 0 Å². The second-order valence-electron chi connectivity index (χ2n) is 10.1. The van der Waals surface area contributed by atoms with Crippen LogP contribution in [0.25, 0.3) is 39.1 Å². The third-order valence-corrected chi connectivity index (χ3v) is 7.26. The highest BCUT2D eigenvalue weighted by Crippen LogP contribution is 2.32. The maximum Gasteiger partial charge on any atom is 0.511 e. The van der Waals surface area contributed by atoms with Gasteiger partial charge in [-0.3, -0.25) is 0 Å². The number of benzene rings is 3. The zero-order valence-electron chi connectivity index (χ0n) is 22.8.